The second kappa shape index (κ2) is 8.42. The van der Waals surface area contributed by atoms with Crippen molar-refractivity contribution in [1.82, 2.24) is 5.32 Å². The number of carbonyl (C=O) groups is 1. The van der Waals surface area contributed by atoms with Gasteiger partial charge >= 0.3 is 0 Å². The lowest BCUT2D eigenvalue weighted by Crippen LogP contribution is -2.48. The Bertz CT molecular complexity index is 1030. The van der Waals surface area contributed by atoms with E-state index in [-0.39, 0.29) is 35.2 Å². The smallest absolute Gasteiger partial charge is 0.265 e. The number of anilines is 1. The van der Waals surface area contributed by atoms with Gasteiger partial charge in [-0.1, -0.05) is 65.8 Å². The average molecular weight is 429 g/mol. The van der Waals surface area contributed by atoms with E-state index in [9.17, 15) is 13.2 Å². The minimum Gasteiger partial charge on any atom is -0.351 e. The lowest BCUT2D eigenvalue weighted by Gasteiger charge is -2.33. The van der Waals surface area contributed by atoms with Crippen LogP contribution in [0.15, 0.2) is 47.4 Å². The molecule has 2 aromatic rings. The standard InChI is InChI=1S/C24H32N2O3S/c1-15(2)18-11-12-21-20(13-18)19-9-7-8-10-22(19)30(28,29)26(21)14-23(27)25-24(16(3)4)17(5)6/h7-13,15-17,24H,14H2,1-6H3,(H,25,27). The van der Waals surface area contributed by atoms with Gasteiger partial charge in [0.05, 0.1) is 10.6 Å². The molecular weight excluding hydrogens is 396 g/mol. The predicted molar refractivity (Wildman–Crippen MR) is 122 cm³/mol. The monoisotopic (exact) mass is 428 g/mol. The van der Waals surface area contributed by atoms with Gasteiger partial charge in [-0.15, -0.1) is 0 Å². The van der Waals surface area contributed by atoms with Gasteiger partial charge in [-0.05, 0) is 41.5 Å². The third-order valence-electron chi connectivity index (χ3n) is 5.75. The molecule has 0 fully saturated rings. The predicted octanol–water partition coefficient (Wildman–Crippen LogP) is 4.78. The molecule has 3 rings (SSSR count). The summed E-state index contributed by atoms with van der Waals surface area (Å²) in [4.78, 5) is 13.1. The van der Waals surface area contributed by atoms with Crippen LogP contribution in [0.2, 0.25) is 0 Å². The summed E-state index contributed by atoms with van der Waals surface area (Å²) in [6.45, 7) is 12.2. The fourth-order valence-corrected chi connectivity index (χ4v) is 5.79. The Balaban J connectivity index is 2.04. The van der Waals surface area contributed by atoms with Gasteiger partial charge in [-0.25, -0.2) is 8.42 Å². The van der Waals surface area contributed by atoms with E-state index in [2.05, 4.69) is 46.9 Å². The molecule has 1 amide bonds. The molecule has 0 saturated heterocycles. The van der Waals surface area contributed by atoms with Gasteiger partial charge in [0, 0.05) is 17.2 Å². The Morgan fingerprint density at radius 2 is 1.57 bits per heavy atom. The molecule has 30 heavy (non-hydrogen) atoms. The molecule has 1 aliphatic heterocycles. The van der Waals surface area contributed by atoms with Crippen LogP contribution in [0.4, 0.5) is 5.69 Å². The first kappa shape index (κ1) is 22.3. The van der Waals surface area contributed by atoms with Crippen LogP contribution in [0.3, 0.4) is 0 Å². The number of nitrogens with one attached hydrogen (secondary N) is 1. The molecule has 0 bridgehead atoms. The number of hydrogen-bond acceptors (Lipinski definition) is 3. The summed E-state index contributed by atoms with van der Waals surface area (Å²) in [5.41, 5.74) is 3.23. The summed E-state index contributed by atoms with van der Waals surface area (Å²) >= 11 is 0. The maximum Gasteiger partial charge on any atom is 0.265 e. The van der Waals surface area contributed by atoms with Crippen molar-refractivity contribution in [3.8, 4) is 11.1 Å². The molecule has 0 saturated carbocycles. The van der Waals surface area contributed by atoms with E-state index in [0.29, 0.717) is 17.2 Å². The van der Waals surface area contributed by atoms with Crippen LogP contribution in [-0.4, -0.2) is 26.9 Å². The Labute approximate surface area is 180 Å². The van der Waals surface area contributed by atoms with Crippen molar-refractivity contribution >= 4 is 21.6 Å². The lowest BCUT2D eigenvalue weighted by atomic mass is 9.93. The lowest BCUT2D eigenvalue weighted by molar-refractivity contribution is -0.121. The molecule has 162 valence electrons. The molecule has 1 heterocycles. The molecule has 0 unspecified atom stereocenters. The number of amides is 1. The normalized spacial score (nSPS) is 14.9. The molecule has 0 spiro atoms. The van der Waals surface area contributed by atoms with Crippen LogP contribution in [-0.2, 0) is 14.8 Å². The van der Waals surface area contributed by atoms with Crippen LogP contribution >= 0.6 is 0 Å². The van der Waals surface area contributed by atoms with Gasteiger partial charge in [0.25, 0.3) is 10.0 Å². The van der Waals surface area contributed by atoms with Gasteiger partial charge in [0.1, 0.15) is 6.54 Å². The van der Waals surface area contributed by atoms with E-state index in [4.69, 9.17) is 0 Å². The van der Waals surface area contributed by atoms with E-state index in [0.717, 1.165) is 11.1 Å². The largest absolute Gasteiger partial charge is 0.351 e. The minimum atomic E-state index is -3.83. The van der Waals surface area contributed by atoms with Gasteiger partial charge < -0.3 is 5.32 Å². The topological polar surface area (TPSA) is 66.5 Å². The molecule has 6 heteroatoms. The van der Waals surface area contributed by atoms with Crippen molar-refractivity contribution in [2.75, 3.05) is 10.8 Å². The summed E-state index contributed by atoms with van der Waals surface area (Å²) in [5, 5.41) is 3.04. The van der Waals surface area contributed by atoms with E-state index in [1.54, 1.807) is 12.1 Å². The van der Waals surface area contributed by atoms with E-state index < -0.39 is 10.0 Å². The van der Waals surface area contributed by atoms with Gasteiger partial charge in [-0.2, -0.15) is 0 Å². The zero-order valence-corrected chi connectivity index (χ0v) is 19.5. The summed E-state index contributed by atoms with van der Waals surface area (Å²) in [6, 6.07) is 12.8. The molecule has 5 nitrogen and oxygen atoms in total. The summed E-state index contributed by atoms with van der Waals surface area (Å²) in [7, 11) is -3.83. The molecule has 1 N–H and O–H groups in total. The second-order valence-electron chi connectivity index (χ2n) is 9.02. The zero-order valence-electron chi connectivity index (χ0n) is 18.6. The Kier molecular flexibility index (Phi) is 6.27. The fourth-order valence-electron chi connectivity index (χ4n) is 4.14. The highest BCUT2D eigenvalue weighted by atomic mass is 32.2. The number of rotatable bonds is 6. The van der Waals surface area contributed by atoms with Crippen molar-refractivity contribution in [3.05, 3.63) is 48.0 Å². The highest BCUT2D eigenvalue weighted by Crippen LogP contribution is 2.43. The maximum atomic E-state index is 13.4. The van der Waals surface area contributed by atoms with Gasteiger partial charge in [0.15, 0.2) is 0 Å². The van der Waals surface area contributed by atoms with Crippen molar-refractivity contribution in [1.29, 1.82) is 0 Å². The molecule has 0 radical (unpaired) electrons. The first-order valence-electron chi connectivity index (χ1n) is 10.6. The number of sulfonamides is 1. The van der Waals surface area contributed by atoms with Crippen molar-refractivity contribution < 1.29 is 13.2 Å². The second-order valence-corrected chi connectivity index (χ2v) is 10.9. The molecule has 1 aliphatic rings. The Hall–Kier alpha value is -2.34. The first-order valence-corrected chi connectivity index (χ1v) is 12.0. The fraction of sp³-hybridized carbons (Fsp3) is 0.458. The van der Waals surface area contributed by atoms with Crippen LogP contribution in [0.5, 0.6) is 0 Å². The SMILES string of the molecule is CC(C)c1ccc2c(c1)-c1ccccc1S(=O)(=O)N2CC(=O)NC(C(C)C)C(C)C. The van der Waals surface area contributed by atoms with Crippen LogP contribution in [0.25, 0.3) is 11.1 Å². The summed E-state index contributed by atoms with van der Waals surface area (Å²) < 4.78 is 28.1. The van der Waals surface area contributed by atoms with Gasteiger partial charge in [-0.3, -0.25) is 9.10 Å². The highest BCUT2D eigenvalue weighted by Gasteiger charge is 2.36. The van der Waals surface area contributed by atoms with Crippen molar-refractivity contribution in [2.45, 2.75) is 58.4 Å². The minimum absolute atomic E-state index is 0.0138. The molecule has 0 atom stereocenters. The molecule has 2 aromatic carbocycles. The zero-order chi connectivity index (χ0) is 22.2. The number of benzene rings is 2. The van der Waals surface area contributed by atoms with Gasteiger partial charge in [0.2, 0.25) is 5.91 Å². The third-order valence-corrected chi connectivity index (χ3v) is 7.57. The van der Waals surface area contributed by atoms with Crippen molar-refractivity contribution in [3.63, 3.8) is 0 Å². The number of fused-ring (bicyclic) bond motifs is 3. The summed E-state index contributed by atoms with van der Waals surface area (Å²) in [5.74, 6) is 0.543. The number of nitrogens with zero attached hydrogens (tertiary/aromatic N) is 1. The van der Waals surface area contributed by atoms with Crippen LogP contribution in [0.1, 0.15) is 53.0 Å². The Morgan fingerprint density at radius 3 is 2.17 bits per heavy atom. The highest BCUT2D eigenvalue weighted by molar-refractivity contribution is 7.93. The van der Waals surface area contributed by atoms with E-state index in [1.165, 1.54) is 4.31 Å². The summed E-state index contributed by atoms with van der Waals surface area (Å²) in [6.07, 6.45) is 0. The van der Waals surface area contributed by atoms with Crippen LogP contribution in [0, 0.1) is 11.8 Å². The molecular formula is C24H32N2O3S. The first-order chi connectivity index (χ1) is 14.0. The Morgan fingerprint density at radius 1 is 0.933 bits per heavy atom. The van der Waals surface area contributed by atoms with Crippen molar-refractivity contribution in [2.24, 2.45) is 11.8 Å². The number of carbonyl (C=O) groups excluding carboxylic acids is 1. The van der Waals surface area contributed by atoms with Crippen LogP contribution < -0.4 is 9.62 Å². The molecule has 0 aromatic heterocycles. The average Bonchev–Trinajstić information content (AvgIpc) is 2.68. The van der Waals surface area contributed by atoms with E-state index >= 15 is 0 Å². The molecule has 0 aliphatic carbocycles. The maximum absolute atomic E-state index is 13.4. The number of hydrogen-bond donors (Lipinski definition) is 1. The quantitative estimate of drug-likeness (QED) is 0.720. The third kappa shape index (κ3) is 4.10. The van der Waals surface area contributed by atoms with E-state index in [1.807, 2.05) is 30.3 Å².